The highest BCUT2D eigenvalue weighted by molar-refractivity contribution is 6.30. The van der Waals surface area contributed by atoms with Gasteiger partial charge >= 0.3 is 0 Å². The van der Waals surface area contributed by atoms with Gasteiger partial charge in [0.05, 0.1) is 25.6 Å². The summed E-state index contributed by atoms with van der Waals surface area (Å²) in [5.74, 6) is 1.25. The van der Waals surface area contributed by atoms with Crippen molar-refractivity contribution in [1.29, 1.82) is 0 Å². The van der Waals surface area contributed by atoms with Gasteiger partial charge in [-0.15, -0.1) is 0 Å². The second kappa shape index (κ2) is 7.89. The fourth-order valence-electron chi connectivity index (χ4n) is 2.40. The number of hydrogen-bond donors (Lipinski definition) is 1. The molecule has 0 atom stereocenters. The molecular formula is C20H17ClN2O3. The second-order valence-electron chi connectivity index (χ2n) is 5.51. The van der Waals surface area contributed by atoms with Crippen molar-refractivity contribution in [1.82, 2.24) is 10.2 Å². The van der Waals surface area contributed by atoms with Gasteiger partial charge in [-0.1, -0.05) is 11.6 Å². The van der Waals surface area contributed by atoms with Crippen LogP contribution in [-0.2, 0) is 0 Å². The van der Waals surface area contributed by atoms with Crippen LogP contribution in [-0.4, -0.2) is 30.2 Å². The number of nitrogens with one attached hydrogen (secondary N) is 1. The molecule has 0 aliphatic rings. The number of methoxy groups -OCH3 is 2. The minimum Gasteiger partial charge on any atom is -0.497 e. The average molecular weight is 369 g/mol. The molecule has 3 aromatic rings. The van der Waals surface area contributed by atoms with Gasteiger partial charge < -0.3 is 9.47 Å². The summed E-state index contributed by atoms with van der Waals surface area (Å²) in [6.45, 7) is 0. The van der Waals surface area contributed by atoms with Crippen molar-refractivity contribution >= 4 is 23.5 Å². The minimum atomic E-state index is -0.110. The number of hydrogen-bond acceptors (Lipinski definition) is 4. The molecule has 0 radical (unpaired) electrons. The highest BCUT2D eigenvalue weighted by atomic mass is 35.5. The molecule has 5 nitrogen and oxygen atoms in total. The molecule has 6 heteroatoms. The highest BCUT2D eigenvalue weighted by Crippen LogP contribution is 2.29. The Morgan fingerprint density at radius 2 is 1.69 bits per heavy atom. The maximum Gasteiger partial charge on any atom is 0.185 e. The Bertz CT molecular complexity index is 924. The van der Waals surface area contributed by atoms with Crippen molar-refractivity contribution in [3.8, 4) is 22.8 Å². The lowest BCUT2D eigenvalue weighted by atomic mass is 10.1. The molecule has 26 heavy (non-hydrogen) atoms. The fourth-order valence-corrected chi connectivity index (χ4v) is 2.53. The van der Waals surface area contributed by atoms with Gasteiger partial charge in [0.2, 0.25) is 0 Å². The number of halogens is 1. The second-order valence-corrected chi connectivity index (χ2v) is 5.95. The molecule has 0 spiro atoms. The van der Waals surface area contributed by atoms with E-state index < -0.39 is 0 Å². The van der Waals surface area contributed by atoms with Crippen LogP contribution in [0.25, 0.3) is 17.3 Å². The summed E-state index contributed by atoms with van der Waals surface area (Å²) < 4.78 is 10.6. The number of aromatic amines is 1. The van der Waals surface area contributed by atoms with E-state index in [1.54, 1.807) is 50.6 Å². The first kappa shape index (κ1) is 17.8. The van der Waals surface area contributed by atoms with E-state index in [9.17, 15) is 4.79 Å². The van der Waals surface area contributed by atoms with Crippen LogP contribution in [0.4, 0.5) is 0 Å². The lowest BCUT2D eigenvalue weighted by molar-refractivity contribution is 0.104. The van der Waals surface area contributed by atoms with Crippen LogP contribution in [0.3, 0.4) is 0 Å². The molecule has 0 aliphatic heterocycles. The molecule has 0 saturated carbocycles. The maximum atomic E-state index is 12.2. The molecule has 1 heterocycles. The van der Waals surface area contributed by atoms with Crippen molar-refractivity contribution in [2.24, 2.45) is 0 Å². The fraction of sp³-hybridized carbons (Fsp3) is 0.100. The Hall–Kier alpha value is -3.05. The van der Waals surface area contributed by atoms with Crippen LogP contribution in [0.5, 0.6) is 11.5 Å². The summed E-state index contributed by atoms with van der Waals surface area (Å²) >= 11 is 5.83. The summed E-state index contributed by atoms with van der Waals surface area (Å²) in [4.78, 5) is 12.2. The zero-order chi connectivity index (χ0) is 18.5. The van der Waals surface area contributed by atoms with E-state index in [4.69, 9.17) is 21.1 Å². The van der Waals surface area contributed by atoms with Gasteiger partial charge in [0, 0.05) is 22.2 Å². The Kier molecular flexibility index (Phi) is 5.39. The SMILES string of the molecule is COc1cc(OC)cc(-c2cc(/C=C/C(=O)c3ccc(Cl)cc3)[nH]n2)c1. The lowest BCUT2D eigenvalue weighted by Crippen LogP contribution is -1.93. The van der Waals surface area contributed by atoms with E-state index in [1.807, 2.05) is 18.2 Å². The van der Waals surface area contributed by atoms with Crippen LogP contribution in [0.15, 0.2) is 54.6 Å². The third kappa shape index (κ3) is 4.13. The predicted molar refractivity (Wildman–Crippen MR) is 102 cm³/mol. The lowest BCUT2D eigenvalue weighted by Gasteiger charge is -2.06. The summed E-state index contributed by atoms with van der Waals surface area (Å²) in [7, 11) is 3.19. The summed E-state index contributed by atoms with van der Waals surface area (Å²) in [5.41, 5.74) is 2.86. The molecule has 0 amide bonds. The van der Waals surface area contributed by atoms with Gasteiger partial charge in [-0.05, 0) is 54.6 Å². The first-order valence-corrected chi connectivity index (χ1v) is 8.23. The number of nitrogens with zero attached hydrogens (tertiary/aromatic N) is 1. The highest BCUT2D eigenvalue weighted by Gasteiger charge is 2.08. The standard InChI is InChI=1S/C20H17ClN2O3/c1-25-17-9-14(10-18(12-17)26-2)19-11-16(22-23-19)7-8-20(24)13-3-5-15(21)6-4-13/h3-12H,1-2H3,(H,22,23)/b8-7+. The Labute approximate surface area is 156 Å². The third-order valence-corrected chi connectivity index (χ3v) is 4.04. The van der Waals surface area contributed by atoms with Gasteiger partial charge in [0.25, 0.3) is 0 Å². The zero-order valence-electron chi connectivity index (χ0n) is 14.3. The van der Waals surface area contributed by atoms with Crippen molar-refractivity contribution in [2.45, 2.75) is 0 Å². The van der Waals surface area contributed by atoms with Crippen molar-refractivity contribution in [3.05, 3.63) is 70.9 Å². The van der Waals surface area contributed by atoms with Gasteiger partial charge in [-0.2, -0.15) is 5.10 Å². The van der Waals surface area contributed by atoms with Gasteiger partial charge in [-0.3, -0.25) is 9.89 Å². The number of H-pyrrole nitrogens is 1. The Morgan fingerprint density at radius 1 is 1.04 bits per heavy atom. The maximum absolute atomic E-state index is 12.2. The minimum absolute atomic E-state index is 0.110. The first-order chi connectivity index (χ1) is 12.6. The monoisotopic (exact) mass is 368 g/mol. The molecule has 1 N–H and O–H groups in total. The first-order valence-electron chi connectivity index (χ1n) is 7.86. The summed E-state index contributed by atoms with van der Waals surface area (Å²) in [5, 5.41) is 7.78. The normalized spacial score (nSPS) is 10.9. The Morgan fingerprint density at radius 3 is 2.31 bits per heavy atom. The van der Waals surface area contributed by atoms with Crippen molar-refractivity contribution < 1.29 is 14.3 Å². The van der Waals surface area contributed by atoms with E-state index >= 15 is 0 Å². The number of ether oxygens (including phenoxy) is 2. The van der Waals surface area contributed by atoms with E-state index in [1.165, 1.54) is 6.08 Å². The van der Waals surface area contributed by atoms with E-state index in [-0.39, 0.29) is 5.78 Å². The molecule has 0 bridgehead atoms. The number of carbonyl (C=O) groups excluding carboxylic acids is 1. The van der Waals surface area contributed by atoms with Crippen molar-refractivity contribution in [2.75, 3.05) is 14.2 Å². The molecule has 2 aromatic carbocycles. The molecule has 3 rings (SSSR count). The summed E-state index contributed by atoms with van der Waals surface area (Å²) in [6.07, 6.45) is 3.18. The molecule has 132 valence electrons. The number of benzene rings is 2. The van der Waals surface area contributed by atoms with Crippen LogP contribution < -0.4 is 9.47 Å². The largest absolute Gasteiger partial charge is 0.497 e. The number of carbonyl (C=O) groups is 1. The van der Waals surface area contributed by atoms with E-state index in [2.05, 4.69) is 10.2 Å². The predicted octanol–water partition coefficient (Wildman–Crippen LogP) is 4.64. The smallest absolute Gasteiger partial charge is 0.185 e. The molecule has 1 aromatic heterocycles. The quantitative estimate of drug-likeness (QED) is 0.508. The van der Waals surface area contributed by atoms with Crippen LogP contribution in [0.1, 0.15) is 16.1 Å². The van der Waals surface area contributed by atoms with E-state index in [0.717, 1.165) is 11.3 Å². The van der Waals surface area contributed by atoms with Crippen LogP contribution >= 0.6 is 11.6 Å². The Balaban J connectivity index is 1.79. The molecule has 0 aliphatic carbocycles. The van der Waals surface area contributed by atoms with E-state index in [0.29, 0.717) is 27.8 Å². The third-order valence-electron chi connectivity index (χ3n) is 3.79. The van der Waals surface area contributed by atoms with Gasteiger partial charge in [-0.25, -0.2) is 0 Å². The number of rotatable bonds is 6. The van der Waals surface area contributed by atoms with Gasteiger partial charge in [0.15, 0.2) is 5.78 Å². The van der Waals surface area contributed by atoms with Crippen LogP contribution in [0.2, 0.25) is 5.02 Å². The van der Waals surface area contributed by atoms with Crippen molar-refractivity contribution in [3.63, 3.8) is 0 Å². The van der Waals surface area contributed by atoms with Crippen LogP contribution in [0, 0.1) is 0 Å². The molecule has 0 saturated heterocycles. The number of ketones is 1. The zero-order valence-corrected chi connectivity index (χ0v) is 15.1. The number of allylic oxidation sites excluding steroid dienone is 1. The topological polar surface area (TPSA) is 64.2 Å². The van der Waals surface area contributed by atoms with Gasteiger partial charge in [0.1, 0.15) is 11.5 Å². The number of aromatic nitrogens is 2. The molecule has 0 fully saturated rings. The summed E-state index contributed by atoms with van der Waals surface area (Å²) in [6, 6.07) is 14.1. The average Bonchev–Trinajstić information content (AvgIpc) is 3.15. The molecule has 0 unspecified atom stereocenters. The molecular weight excluding hydrogens is 352 g/mol.